The number of benzene rings is 1. The lowest BCUT2D eigenvalue weighted by Crippen LogP contribution is -2.37. The minimum Gasteiger partial charge on any atom is -0.325 e. The Morgan fingerprint density at radius 3 is 2.79 bits per heavy atom. The van der Waals surface area contributed by atoms with Gasteiger partial charge in [-0.15, -0.1) is 0 Å². The molecule has 1 amide bonds. The molecule has 104 valence electrons. The van der Waals surface area contributed by atoms with Gasteiger partial charge in [0.05, 0.1) is 6.54 Å². The molecule has 1 aromatic rings. The summed E-state index contributed by atoms with van der Waals surface area (Å²) < 4.78 is 0. The lowest BCUT2D eigenvalue weighted by molar-refractivity contribution is -0.117. The van der Waals surface area contributed by atoms with E-state index in [1.165, 1.54) is 12.8 Å². The predicted molar refractivity (Wildman–Crippen MR) is 79.6 cm³/mol. The van der Waals surface area contributed by atoms with Gasteiger partial charge in [-0.3, -0.25) is 9.69 Å². The molecule has 0 saturated heterocycles. The number of likely N-dealkylation sites (N-methyl/N-ethyl adjacent to an activating group) is 1. The molecule has 0 aliphatic heterocycles. The number of halogens is 1. The summed E-state index contributed by atoms with van der Waals surface area (Å²) in [5.74, 6) is 0.779. The van der Waals surface area contributed by atoms with Crippen LogP contribution in [0, 0.1) is 12.8 Å². The number of nitrogens with one attached hydrogen (secondary N) is 1. The molecule has 0 heterocycles. The van der Waals surface area contributed by atoms with E-state index in [1.54, 1.807) is 6.07 Å². The Kier molecular flexibility index (Phi) is 4.48. The van der Waals surface area contributed by atoms with Gasteiger partial charge in [0.25, 0.3) is 0 Å². The van der Waals surface area contributed by atoms with Gasteiger partial charge in [0.1, 0.15) is 0 Å². The molecular weight excluding hydrogens is 260 g/mol. The average molecular weight is 281 g/mol. The van der Waals surface area contributed by atoms with Crippen molar-refractivity contribution in [1.82, 2.24) is 4.90 Å². The quantitative estimate of drug-likeness (QED) is 0.897. The number of anilines is 1. The van der Waals surface area contributed by atoms with Gasteiger partial charge >= 0.3 is 0 Å². The second-order valence-corrected chi connectivity index (χ2v) is 5.91. The Morgan fingerprint density at radius 2 is 2.21 bits per heavy atom. The van der Waals surface area contributed by atoms with Gasteiger partial charge in [-0.25, -0.2) is 0 Å². The maximum atomic E-state index is 12.0. The first-order chi connectivity index (χ1) is 8.97. The fourth-order valence-corrected chi connectivity index (χ4v) is 2.36. The van der Waals surface area contributed by atoms with Crippen LogP contribution in [-0.2, 0) is 4.79 Å². The fraction of sp³-hybridized carbons (Fsp3) is 0.533. The third-order valence-electron chi connectivity index (χ3n) is 3.85. The van der Waals surface area contributed by atoms with Gasteiger partial charge in [0.15, 0.2) is 0 Å². The van der Waals surface area contributed by atoms with Crippen molar-refractivity contribution >= 4 is 23.2 Å². The molecule has 1 aromatic carbocycles. The lowest BCUT2D eigenvalue weighted by Gasteiger charge is -2.23. The van der Waals surface area contributed by atoms with Crippen LogP contribution in [-0.4, -0.2) is 30.4 Å². The Bertz CT molecular complexity index is 471. The molecular formula is C15H21ClN2O. The summed E-state index contributed by atoms with van der Waals surface area (Å²) in [6, 6.07) is 6.06. The molecule has 3 nitrogen and oxygen atoms in total. The van der Waals surface area contributed by atoms with Gasteiger partial charge in [-0.1, -0.05) is 17.7 Å². The van der Waals surface area contributed by atoms with E-state index in [0.29, 0.717) is 17.6 Å². The third kappa shape index (κ3) is 3.95. The van der Waals surface area contributed by atoms with Crippen molar-refractivity contribution < 1.29 is 4.79 Å². The summed E-state index contributed by atoms with van der Waals surface area (Å²) >= 11 is 6.04. The molecule has 0 bridgehead atoms. The van der Waals surface area contributed by atoms with E-state index in [4.69, 9.17) is 11.6 Å². The molecule has 0 aromatic heterocycles. The van der Waals surface area contributed by atoms with E-state index < -0.39 is 0 Å². The third-order valence-corrected chi connectivity index (χ3v) is 4.26. The molecule has 4 heteroatoms. The number of nitrogens with zero attached hydrogens (tertiary/aromatic N) is 1. The molecule has 1 aliphatic rings. The van der Waals surface area contributed by atoms with Crippen LogP contribution in [0.2, 0.25) is 5.02 Å². The molecule has 2 rings (SSSR count). The van der Waals surface area contributed by atoms with Crippen LogP contribution in [0.25, 0.3) is 0 Å². The van der Waals surface area contributed by atoms with E-state index in [0.717, 1.165) is 17.2 Å². The Balaban J connectivity index is 1.87. The van der Waals surface area contributed by atoms with E-state index in [-0.39, 0.29) is 5.91 Å². The number of rotatable bonds is 5. The van der Waals surface area contributed by atoms with E-state index in [2.05, 4.69) is 17.1 Å². The van der Waals surface area contributed by atoms with Crippen molar-refractivity contribution in [1.29, 1.82) is 0 Å². The molecule has 1 unspecified atom stereocenters. The molecule has 1 aliphatic carbocycles. The van der Waals surface area contributed by atoms with Crippen molar-refractivity contribution in [2.45, 2.75) is 32.7 Å². The first kappa shape index (κ1) is 14.4. The smallest absolute Gasteiger partial charge is 0.238 e. The van der Waals surface area contributed by atoms with Gasteiger partial charge in [-0.2, -0.15) is 0 Å². The summed E-state index contributed by atoms with van der Waals surface area (Å²) in [5.41, 5.74) is 1.77. The van der Waals surface area contributed by atoms with Crippen molar-refractivity contribution in [3.05, 3.63) is 28.8 Å². The van der Waals surface area contributed by atoms with Crippen LogP contribution in [0.4, 0.5) is 5.69 Å². The predicted octanol–water partition coefficient (Wildman–Crippen LogP) is 3.32. The standard InChI is InChI=1S/C15H21ClN2O/c1-10-4-7-13(8-14(10)16)17-15(19)9-18(3)11(2)12-5-6-12/h4,7-8,11-12H,5-6,9H2,1-3H3,(H,17,19). The number of hydrogen-bond acceptors (Lipinski definition) is 2. The van der Waals surface area contributed by atoms with Crippen LogP contribution >= 0.6 is 11.6 Å². The first-order valence-electron chi connectivity index (χ1n) is 6.73. The van der Waals surface area contributed by atoms with Crippen molar-refractivity contribution in [3.8, 4) is 0 Å². The largest absolute Gasteiger partial charge is 0.325 e. The SMILES string of the molecule is Cc1ccc(NC(=O)CN(C)C(C)C2CC2)cc1Cl. The number of carbonyl (C=O) groups excluding carboxylic acids is 1. The molecule has 0 radical (unpaired) electrons. The van der Waals surface area contributed by atoms with E-state index in [1.807, 2.05) is 26.1 Å². The first-order valence-corrected chi connectivity index (χ1v) is 7.11. The molecule has 1 N–H and O–H groups in total. The molecule has 1 atom stereocenters. The lowest BCUT2D eigenvalue weighted by atomic mass is 10.2. The van der Waals surface area contributed by atoms with Gasteiger partial charge < -0.3 is 5.32 Å². The van der Waals surface area contributed by atoms with Crippen molar-refractivity contribution in [3.63, 3.8) is 0 Å². The zero-order chi connectivity index (χ0) is 14.0. The normalized spacial score (nSPS) is 16.5. The minimum atomic E-state index is 0.00918. The fourth-order valence-electron chi connectivity index (χ4n) is 2.18. The average Bonchev–Trinajstić information content (AvgIpc) is 3.17. The van der Waals surface area contributed by atoms with Crippen molar-refractivity contribution in [2.24, 2.45) is 5.92 Å². The monoisotopic (exact) mass is 280 g/mol. The van der Waals surface area contributed by atoms with Gasteiger partial charge in [0, 0.05) is 16.8 Å². The molecule has 19 heavy (non-hydrogen) atoms. The van der Waals surface area contributed by atoms with Gasteiger partial charge in [-0.05, 0) is 57.4 Å². The number of aryl methyl sites for hydroxylation is 1. The molecule has 1 fully saturated rings. The minimum absolute atomic E-state index is 0.00918. The maximum absolute atomic E-state index is 12.0. The van der Waals surface area contributed by atoms with Crippen LogP contribution in [0.5, 0.6) is 0 Å². The number of carbonyl (C=O) groups is 1. The van der Waals surface area contributed by atoms with Crippen LogP contribution < -0.4 is 5.32 Å². The molecule has 0 spiro atoms. The highest BCUT2D eigenvalue weighted by Gasteiger charge is 2.30. The Morgan fingerprint density at radius 1 is 1.53 bits per heavy atom. The van der Waals surface area contributed by atoms with E-state index in [9.17, 15) is 4.79 Å². The van der Waals surface area contributed by atoms with Crippen LogP contribution in [0.3, 0.4) is 0 Å². The van der Waals surface area contributed by atoms with Crippen LogP contribution in [0.15, 0.2) is 18.2 Å². The Labute approximate surface area is 119 Å². The highest BCUT2D eigenvalue weighted by Crippen LogP contribution is 2.34. The summed E-state index contributed by atoms with van der Waals surface area (Å²) in [6.45, 7) is 4.55. The van der Waals surface area contributed by atoms with Crippen LogP contribution in [0.1, 0.15) is 25.3 Å². The second kappa shape index (κ2) is 5.93. The number of hydrogen-bond donors (Lipinski definition) is 1. The second-order valence-electron chi connectivity index (χ2n) is 5.51. The summed E-state index contributed by atoms with van der Waals surface area (Å²) in [5, 5.41) is 3.57. The highest BCUT2D eigenvalue weighted by molar-refractivity contribution is 6.31. The number of amides is 1. The summed E-state index contributed by atoms with van der Waals surface area (Å²) in [6.07, 6.45) is 2.58. The zero-order valence-corrected chi connectivity index (χ0v) is 12.5. The highest BCUT2D eigenvalue weighted by atomic mass is 35.5. The summed E-state index contributed by atoms with van der Waals surface area (Å²) in [7, 11) is 2.00. The Hall–Kier alpha value is -1.06. The summed E-state index contributed by atoms with van der Waals surface area (Å²) in [4.78, 5) is 14.1. The van der Waals surface area contributed by atoms with Crippen molar-refractivity contribution in [2.75, 3.05) is 18.9 Å². The molecule has 1 saturated carbocycles. The topological polar surface area (TPSA) is 32.3 Å². The maximum Gasteiger partial charge on any atom is 0.238 e. The zero-order valence-electron chi connectivity index (χ0n) is 11.7. The van der Waals surface area contributed by atoms with E-state index >= 15 is 0 Å². The van der Waals surface area contributed by atoms with Gasteiger partial charge in [0.2, 0.25) is 5.91 Å².